The number of amides is 2. The van der Waals surface area contributed by atoms with Gasteiger partial charge in [0.05, 0.1) is 13.2 Å². The van der Waals surface area contributed by atoms with Gasteiger partial charge in [0.2, 0.25) is 0 Å². The first-order chi connectivity index (χ1) is 12.2. The van der Waals surface area contributed by atoms with E-state index in [1.165, 1.54) is 32.1 Å². The van der Waals surface area contributed by atoms with Crippen LogP contribution < -0.4 is 16.4 Å². The fourth-order valence-electron chi connectivity index (χ4n) is 2.80. The van der Waals surface area contributed by atoms with Gasteiger partial charge >= 0.3 is 6.03 Å². The monoisotopic (exact) mass is 355 g/mol. The van der Waals surface area contributed by atoms with Gasteiger partial charge in [-0.2, -0.15) is 0 Å². The van der Waals surface area contributed by atoms with Gasteiger partial charge in [0.1, 0.15) is 0 Å². The van der Waals surface area contributed by atoms with Gasteiger partial charge in [0.25, 0.3) is 0 Å². The average Bonchev–Trinajstić information content (AvgIpc) is 2.62. The topological polar surface area (TPSA) is 92.0 Å². The first-order valence-electron chi connectivity index (χ1n) is 9.87. The number of hydrogen-bond acceptors (Lipinski definition) is 4. The SMILES string of the molecule is CCCCCCCCCNC(=O)NC(N)=NCCCN1CCOCC1. The maximum absolute atomic E-state index is 11.7. The summed E-state index contributed by atoms with van der Waals surface area (Å²) in [6, 6.07) is -0.264. The molecule has 146 valence electrons. The second-order valence-electron chi connectivity index (χ2n) is 6.58. The summed E-state index contributed by atoms with van der Waals surface area (Å²) in [6.07, 6.45) is 9.57. The smallest absolute Gasteiger partial charge is 0.321 e. The van der Waals surface area contributed by atoms with Crippen molar-refractivity contribution in [1.29, 1.82) is 0 Å². The summed E-state index contributed by atoms with van der Waals surface area (Å²) < 4.78 is 5.31. The molecular formula is C18H37N5O2. The number of unbranched alkanes of at least 4 members (excludes halogenated alkanes) is 6. The summed E-state index contributed by atoms with van der Waals surface area (Å²) in [5.41, 5.74) is 5.74. The third kappa shape index (κ3) is 12.6. The van der Waals surface area contributed by atoms with Crippen LogP contribution in [0.4, 0.5) is 4.79 Å². The van der Waals surface area contributed by atoms with Gasteiger partial charge in [-0.1, -0.05) is 45.4 Å². The van der Waals surface area contributed by atoms with Gasteiger partial charge in [0.15, 0.2) is 5.96 Å². The molecule has 0 spiro atoms. The van der Waals surface area contributed by atoms with Crippen molar-refractivity contribution in [3.05, 3.63) is 0 Å². The molecule has 25 heavy (non-hydrogen) atoms. The van der Waals surface area contributed by atoms with Crippen LogP contribution in [-0.4, -0.2) is 62.8 Å². The van der Waals surface area contributed by atoms with Gasteiger partial charge in [-0.15, -0.1) is 0 Å². The highest BCUT2D eigenvalue weighted by atomic mass is 16.5. The molecule has 0 bridgehead atoms. The molecule has 0 aromatic rings. The molecule has 1 heterocycles. The average molecular weight is 356 g/mol. The van der Waals surface area contributed by atoms with E-state index in [0.717, 1.165) is 52.1 Å². The minimum absolute atomic E-state index is 0.194. The Labute approximate surface area is 152 Å². The Balaban J connectivity index is 1.95. The van der Waals surface area contributed by atoms with E-state index in [1.54, 1.807) is 0 Å². The second-order valence-corrected chi connectivity index (χ2v) is 6.58. The third-order valence-corrected chi connectivity index (χ3v) is 4.33. The number of aliphatic imine (C=N–C) groups is 1. The maximum Gasteiger partial charge on any atom is 0.321 e. The lowest BCUT2D eigenvalue weighted by atomic mass is 10.1. The van der Waals surface area contributed by atoms with Crippen LogP contribution in [0.15, 0.2) is 4.99 Å². The van der Waals surface area contributed by atoms with Gasteiger partial charge in [-0.25, -0.2) is 4.79 Å². The molecule has 0 atom stereocenters. The molecule has 0 unspecified atom stereocenters. The lowest BCUT2D eigenvalue weighted by Gasteiger charge is -2.26. The normalized spacial score (nSPS) is 16.0. The number of carbonyl (C=O) groups excluding carboxylic acids is 1. The molecule has 0 saturated carbocycles. The van der Waals surface area contributed by atoms with Crippen LogP contribution in [0.3, 0.4) is 0 Å². The molecule has 2 amide bonds. The van der Waals surface area contributed by atoms with E-state index >= 15 is 0 Å². The summed E-state index contributed by atoms with van der Waals surface area (Å²) in [6.45, 7) is 8.12. The molecule has 1 aliphatic rings. The van der Waals surface area contributed by atoms with E-state index in [9.17, 15) is 4.79 Å². The number of ether oxygens (including phenoxy) is 1. The van der Waals surface area contributed by atoms with E-state index in [-0.39, 0.29) is 12.0 Å². The quantitative estimate of drug-likeness (QED) is 0.284. The Hall–Kier alpha value is -1.34. The van der Waals surface area contributed by atoms with E-state index in [4.69, 9.17) is 10.5 Å². The maximum atomic E-state index is 11.7. The highest BCUT2D eigenvalue weighted by Gasteiger charge is 2.09. The van der Waals surface area contributed by atoms with Crippen molar-refractivity contribution in [2.45, 2.75) is 58.3 Å². The number of nitrogens with two attached hydrogens (primary N) is 1. The molecule has 7 nitrogen and oxygen atoms in total. The Bertz CT molecular complexity index is 370. The van der Waals surface area contributed by atoms with Crippen molar-refractivity contribution in [2.24, 2.45) is 10.7 Å². The van der Waals surface area contributed by atoms with Crippen LogP contribution in [0.5, 0.6) is 0 Å². The third-order valence-electron chi connectivity index (χ3n) is 4.33. The van der Waals surface area contributed by atoms with E-state index in [1.807, 2.05) is 0 Å². The van der Waals surface area contributed by atoms with Crippen molar-refractivity contribution < 1.29 is 9.53 Å². The van der Waals surface area contributed by atoms with Crippen LogP contribution in [0.1, 0.15) is 58.3 Å². The van der Waals surface area contributed by atoms with Crippen LogP contribution in [0, 0.1) is 0 Å². The van der Waals surface area contributed by atoms with Crippen LogP contribution in [0.25, 0.3) is 0 Å². The number of urea groups is 1. The van der Waals surface area contributed by atoms with E-state index < -0.39 is 0 Å². The van der Waals surface area contributed by atoms with Gasteiger partial charge in [-0.05, 0) is 12.8 Å². The lowest BCUT2D eigenvalue weighted by molar-refractivity contribution is 0.0377. The highest BCUT2D eigenvalue weighted by molar-refractivity contribution is 5.95. The number of guanidine groups is 1. The fourth-order valence-corrected chi connectivity index (χ4v) is 2.80. The van der Waals surface area contributed by atoms with E-state index in [0.29, 0.717) is 13.1 Å². The number of rotatable bonds is 12. The minimum Gasteiger partial charge on any atom is -0.379 e. The Kier molecular flexibility index (Phi) is 13.0. The van der Waals surface area contributed by atoms with Gasteiger partial charge < -0.3 is 15.8 Å². The fraction of sp³-hybridized carbons (Fsp3) is 0.889. The zero-order chi connectivity index (χ0) is 18.2. The van der Waals surface area contributed by atoms with Crippen molar-refractivity contribution in [3.8, 4) is 0 Å². The number of carbonyl (C=O) groups is 1. The first-order valence-corrected chi connectivity index (χ1v) is 9.87. The molecule has 0 aromatic heterocycles. The number of hydrogen-bond donors (Lipinski definition) is 3. The summed E-state index contributed by atoms with van der Waals surface area (Å²) in [7, 11) is 0. The predicted octanol–water partition coefficient (Wildman–Crippen LogP) is 2.07. The molecule has 1 rings (SSSR count). The van der Waals surface area contributed by atoms with Crippen LogP contribution in [0.2, 0.25) is 0 Å². The molecule has 7 heteroatoms. The van der Waals surface area contributed by atoms with Crippen molar-refractivity contribution >= 4 is 12.0 Å². The molecule has 0 aliphatic carbocycles. The largest absolute Gasteiger partial charge is 0.379 e. The molecule has 1 fully saturated rings. The standard InChI is InChI=1S/C18H37N5O2/c1-2-3-4-5-6-7-8-10-21-18(24)22-17(19)20-11-9-12-23-13-15-25-16-14-23/h2-16H2,1H3,(H4,19,20,21,22,24). The number of nitrogens with zero attached hydrogens (tertiary/aromatic N) is 2. The first kappa shape index (κ1) is 21.7. The summed E-state index contributed by atoms with van der Waals surface area (Å²) in [5.74, 6) is 0.194. The van der Waals surface area contributed by atoms with Crippen LogP contribution in [-0.2, 0) is 4.74 Å². The van der Waals surface area contributed by atoms with Gasteiger partial charge in [-0.3, -0.25) is 15.2 Å². The summed E-state index contributed by atoms with van der Waals surface area (Å²) in [4.78, 5) is 18.3. The minimum atomic E-state index is -0.264. The van der Waals surface area contributed by atoms with Crippen LogP contribution >= 0.6 is 0 Å². The molecular weight excluding hydrogens is 318 g/mol. The lowest BCUT2D eigenvalue weighted by Crippen LogP contribution is -2.43. The highest BCUT2D eigenvalue weighted by Crippen LogP contribution is 2.06. The van der Waals surface area contributed by atoms with Crippen molar-refractivity contribution in [3.63, 3.8) is 0 Å². The Morgan fingerprint density at radius 3 is 2.48 bits per heavy atom. The molecule has 4 N–H and O–H groups in total. The zero-order valence-corrected chi connectivity index (χ0v) is 15.9. The summed E-state index contributed by atoms with van der Waals surface area (Å²) in [5, 5.41) is 5.41. The van der Waals surface area contributed by atoms with Crippen molar-refractivity contribution in [2.75, 3.05) is 45.9 Å². The summed E-state index contributed by atoms with van der Waals surface area (Å²) >= 11 is 0. The second kappa shape index (κ2) is 15.0. The van der Waals surface area contributed by atoms with Crippen molar-refractivity contribution in [1.82, 2.24) is 15.5 Å². The molecule has 0 radical (unpaired) electrons. The molecule has 0 aromatic carbocycles. The number of morpholine rings is 1. The number of nitrogens with one attached hydrogen (secondary N) is 2. The Morgan fingerprint density at radius 1 is 1.08 bits per heavy atom. The van der Waals surface area contributed by atoms with E-state index in [2.05, 4.69) is 27.4 Å². The predicted molar refractivity (Wildman–Crippen MR) is 103 cm³/mol. The Morgan fingerprint density at radius 2 is 1.76 bits per heavy atom. The molecule has 1 aliphatic heterocycles. The van der Waals surface area contributed by atoms with Gasteiger partial charge in [0, 0.05) is 32.7 Å². The zero-order valence-electron chi connectivity index (χ0n) is 15.9. The molecule has 1 saturated heterocycles.